The van der Waals surface area contributed by atoms with Crippen molar-refractivity contribution in [3.63, 3.8) is 0 Å². The Balaban J connectivity index is 1.85. The molecule has 0 fully saturated rings. The zero-order valence-electron chi connectivity index (χ0n) is 13.3. The molecule has 0 aromatic heterocycles. The monoisotopic (exact) mass is 350 g/mol. The van der Waals surface area contributed by atoms with Gasteiger partial charge in [-0.1, -0.05) is 30.3 Å². The summed E-state index contributed by atoms with van der Waals surface area (Å²) in [5, 5.41) is 2.67. The van der Waals surface area contributed by atoms with Crippen molar-refractivity contribution < 1.29 is 17.6 Å². The number of hydrogen-bond donors (Lipinski definition) is 2. The Morgan fingerprint density at radius 2 is 1.75 bits per heavy atom. The van der Waals surface area contributed by atoms with Crippen LogP contribution in [0.3, 0.4) is 0 Å². The SMILES string of the molecule is CNS(=O)(=O)c1ccc(CCC(=O)NCc2ccccc2F)cc1. The molecule has 7 heteroatoms. The third-order valence-electron chi connectivity index (χ3n) is 3.58. The molecule has 0 atom stereocenters. The molecule has 2 aromatic carbocycles. The summed E-state index contributed by atoms with van der Waals surface area (Å²) in [7, 11) is -2.10. The van der Waals surface area contributed by atoms with Crippen molar-refractivity contribution in [3.05, 3.63) is 65.5 Å². The number of aryl methyl sites for hydroxylation is 1. The van der Waals surface area contributed by atoms with Gasteiger partial charge in [0.2, 0.25) is 15.9 Å². The van der Waals surface area contributed by atoms with Crippen LogP contribution in [0.5, 0.6) is 0 Å². The number of halogens is 1. The Morgan fingerprint density at radius 1 is 1.08 bits per heavy atom. The van der Waals surface area contributed by atoms with Gasteiger partial charge in [0.15, 0.2) is 0 Å². The third kappa shape index (κ3) is 4.87. The van der Waals surface area contributed by atoms with Crippen LogP contribution >= 0.6 is 0 Å². The number of benzene rings is 2. The van der Waals surface area contributed by atoms with Crippen LogP contribution in [0, 0.1) is 5.82 Å². The smallest absolute Gasteiger partial charge is 0.240 e. The van der Waals surface area contributed by atoms with Gasteiger partial charge in [-0.15, -0.1) is 0 Å². The molecule has 0 radical (unpaired) electrons. The largest absolute Gasteiger partial charge is 0.352 e. The summed E-state index contributed by atoms with van der Waals surface area (Å²) in [5.74, 6) is -0.538. The first-order chi connectivity index (χ1) is 11.4. The first-order valence-electron chi connectivity index (χ1n) is 7.45. The van der Waals surface area contributed by atoms with Gasteiger partial charge in [0.05, 0.1) is 4.90 Å². The molecule has 0 saturated heterocycles. The highest BCUT2D eigenvalue weighted by Gasteiger charge is 2.11. The second kappa shape index (κ2) is 8.03. The Bertz CT molecular complexity index is 805. The van der Waals surface area contributed by atoms with Crippen molar-refractivity contribution in [2.75, 3.05) is 7.05 Å². The first kappa shape index (κ1) is 18.1. The lowest BCUT2D eigenvalue weighted by Gasteiger charge is -2.07. The van der Waals surface area contributed by atoms with E-state index in [2.05, 4.69) is 10.0 Å². The van der Waals surface area contributed by atoms with Crippen molar-refractivity contribution in [2.24, 2.45) is 0 Å². The lowest BCUT2D eigenvalue weighted by molar-refractivity contribution is -0.121. The lowest BCUT2D eigenvalue weighted by Crippen LogP contribution is -2.23. The van der Waals surface area contributed by atoms with Crippen LogP contribution in [-0.2, 0) is 27.8 Å². The molecule has 0 heterocycles. The van der Waals surface area contributed by atoms with Crippen LogP contribution in [-0.4, -0.2) is 21.4 Å². The molecule has 0 unspecified atom stereocenters. The highest BCUT2D eigenvalue weighted by molar-refractivity contribution is 7.89. The molecule has 0 aliphatic carbocycles. The molecular weight excluding hydrogens is 331 g/mol. The fraction of sp³-hybridized carbons (Fsp3) is 0.235. The first-order valence-corrected chi connectivity index (χ1v) is 8.93. The summed E-state index contributed by atoms with van der Waals surface area (Å²) in [6, 6.07) is 12.6. The Morgan fingerprint density at radius 3 is 2.38 bits per heavy atom. The maximum atomic E-state index is 13.4. The van der Waals surface area contributed by atoms with E-state index >= 15 is 0 Å². The Labute approximate surface area is 141 Å². The van der Waals surface area contributed by atoms with Crippen molar-refractivity contribution >= 4 is 15.9 Å². The van der Waals surface area contributed by atoms with Crippen LogP contribution in [0.4, 0.5) is 4.39 Å². The number of carbonyl (C=O) groups excluding carboxylic acids is 1. The van der Waals surface area contributed by atoms with Crippen molar-refractivity contribution in [3.8, 4) is 0 Å². The summed E-state index contributed by atoms with van der Waals surface area (Å²) < 4.78 is 38.9. The molecule has 0 saturated carbocycles. The predicted octanol–water partition coefficient (Wildman–Crippen LogP) is 1.98. The second-order valence-corrected chi connectivity index (χ2v) is 7.11. The quantitative estimate of drug-likeness (QED) is 0.802. The molecule has 2 N–H and O–H groups in total. The number of nitrogens with one attached hydrogen (secondary N) is 2. The minimum Gasteiger partial charge on any atom is -0.352 e. The van der Waals surface area contributed by atoms with Crippen LogP contribution in [0.15, 0.2) is 53.4 Å². The summed E-state index contributed by atoms with van der Waals surface area (Å²) in [6.07, 6.45) is 0.718. The van der Waals surface area contributed by atoms with E-state index < -0.39 is 10.0 Å². The number of hydrogen-bond acceptors (Lipinski definition) is 3. The summed E-state index contributed by atoms with van der Waals surface area (Å²) in [4.78, 5) is 12.0. The number of carbonyl (C=O) groups is 1. The van der Waals surface area contributed by atoms with Gasteiger partial charge >= 0.3 is 0 Å². The van der Waals surface area contributed by atoms with E-state index in [1.54, 1.807) is 30.3 Å². The van der Waals surface area contributed by atoms with E-state index in [0.29, 0.717) is 12.0 Å². The average molecular weight is 350 g/mol. The van der Waals surface area contributed by atoms with E-state index in [0.717, 1.165) is 5.56 Å². The zero-order chi connectivity index (χ0) is 17.6. The fourth-order valence-electron chi connectivity index (χ4n) is 2.13. The normalized spacial score (nSPS) is 11.2. The predicted molar refractivity (Wildman–Crippen MR) is 89.3 cm³/mol. The van der Waals surface area contributed by atoms with Crippen molar-refractivity contribution in [2.45, 2.75) is 24.3 Å². The number of rotatable bonds is 7. The van der Waals surface area contributed by atoms with Crippen LogP contribution in [0.25, 0.3) is 0 Å². The molecule has 2 rings (SSSR count). The highest BCUT2D eigenvalue weighted by atomic mass is 32.2. The molecule has 0 bridgehead atoms. The standard InChI is InChI=1S/C17H19FN2O3S/c1-19-24(22,23)15-9-6-13(7-10-15)8-11-17(21)20-12-14-4-2-3-5-16(14)18/h2-7,9-10,19H,8,11-12H2,1H3,(H,20,21). The maximum absolute atomic E-state index is 13.4. The minimum absolute atomic E-state index is 0.144. The van der Waals surface area contributed by atoms with E-state index in [1.165, 1.54) is 25.2 Å². The lowest BCUT2D eigenvalue weighted by atomic mass is 10.1. The molecular formula is C17H19FN2O3S. The number of sulfonamides is 1. The van der Waals surface area contributed by atoms with Gasteiger partial charge in [0.1, 0.15) is 5.82 Å². The maximum Gasteiger partial charge on any atom is 0.240 e. The molecule has 0 aliphatic rings. The van der Waals surface area contributed by atoms with Gasteiger partial charge in [-0.3, -0.25) is 4.79 Å². The van der Waals surface area contributed by atoms with Gasteiger partial charge in [0.25, 0.3) is 0 Å². The topological polar surface area (TPSA) is 75.3 Å². The molecule has 0 spiro atoms. The third-order valence-corrected chi connectivity index (χ3v) is 5.01. The van der Waals surface area contributed by atoms with Gasteiger partial charge in [-0.2, -0.15) is 0 Å². The molecule has 128 valence electrons. The Kier molecular flexibility index (Phi) is 6.05. The molecule has 24 heavy (non-hydrogen) atoms. The Hall–Kier alpha value is -2.25. The van der Waals surface area contributed by atoms with E-state index in [9.17, 15) is 17.6 Å². The van der Waals surface area contributed by atoms with Gasteiger partial charge in [0, 0.05) is 18.5 Å². The van der Waals surface area contributed by atoms with Crippen molar-refractivity contribution in [1.82, 2.24) is 10.0 Å². The van der Waals surface area contributed by atoms with Crippen molar-refractivity contribution in [1.29, 1.82) is 0 Å². The number of amides is 1. The average Bonchev–Trinajstić information content (AvgIpc) is 2.59. The molecule has 2 aromatic rings. The molecule has 1 amide bonds. The minimum atomic E-state index is -3.45. The van der Waals surface area contributed by atoms with E-state index in [4.69, 9.17) is 0 Å². The van der Waals surface area contributed by atoms with Crippen LogP contribution < -0.4 is 10.0 Å². The fourth-order valence-corrected chi connectivity index (χ4v) is 2.87. The van der Waals surface area contributed by atoms with Gasteiger partial charge in [-0.25, -0.2) is 17.5 Å². The zero-order valence-corrected chi connectivity index (χ0v) is 14.1. The van der Waals surface area contributed by atoms with Crippen LogP contribution in [0.1, 0.15) is 17.5 Å². The van der Waals surface area contributed by atoms with E-state index in [-0.39, 0.29) is 29.6 Å². The van der Waals surface area contributed by atoms with Crippen LogP contribution in [0.2, 0.25) is 0 Å². The van der Waals surface area contributed by atoms with E-state index in [1.807, 2.05) is 0 Å². The molecule has 0 aliphatic heterocycles. The summed E-state index contributed by atoms with van der Waals surface area (Å²) in [6.45, 7) is 0.144. The molecule has 5 nitrogen and oxygen atoms in total. The van der Waals surface area contributed by atoms with Gasteiger partial charge in [-0.05, 0) is 37.2 Å². The van der Waals surface area contributed by atoms with Gasteiger partial charge < -0.3 is 5.32 Å². The second-order valence-electron chi connectivity index (χ2n) is 5.22. The highest BCUT2D eigenvalue weighted by Crippen LogP contribution is 2.11. The summed E-state index contributed by atoms with van der Waals surface area (Å²) in [5.41, 5.74) is 1.29. The summed E-state index contributed by atoms with van der Waals surface area (Å²) >= 11 is 0.